The lowest BCUT2D eigenvalue weighted by Gasteiger charge is -2.16. The van der Waals surface area contributed by atoms with Crippen molar-refractivity contribution in [2.24, 2.45) is 0 Å². The second-order valence-electron chi connectivity index (χ2n) is 7.14. The van der Waals surface area contributed by atoms with E-state index in [1.54, 1.807) is 18.0 Å². The summed E-state index contributed by atoms with van der Waals surface area (Å²) >= 11 is 12.8. The minimum absolute atomic E-state index is 0.0423. The average Bonchev–Trinajstić information content (AvgIpc) is 3.20. The number of ether oxygens (including phenoxy) is 2. The minimum Gasteiger partial charge on any atom is -0.456 e. The molecule has 2 fully saturated rings. The molecule has 1 N–H and O–H groups in total. The zero-order valence-electron chi connectivity index (χ0n) is 16.1. The quantitative estimate of drug-likeness (QED) is 0.649. The van der Waals surface area contributed by atoms with E-state index < -0.39 is 0 Å². The van der Waals surface area contributed by atoms with Crippen LogP contribution in [0, 0.1) is 0 Å². The van der Waals surface area contributed by atoms with Crippen molar-refractivity contribution in [2.45, 2.75) is 24.1 Å². The van der Waals surface area contributed by atoms with Gasteiger partial charge >= 0.3 is 6.09 Å². The fourth-order valence-electron chi connectivity index (χ4n) is 3.31. The van der Waals surface area contributed by atoms with E-state index in [9.17, 15) is 9.59 Å². The van der Waals surface area contributed by atoms with Gasteiger partial charge < -0.3 is 19.7 Å². The molecular formula is C21H19ClN2O4S2. The Kier molecular flexibility index (Phi) is 6.17. The molecule has 4 rings (SSSR count). The van der Waals surface area contributed by atoms with Gasteiger partial charge in [-0.15, -0.1) is 0 Å². The molecule has 0 aliphatic carbocycles. The van der Waals surface area contributed by atoms with Gasteiger partial charge in [0.05, 0.1) is 16.3 Å². The number of rotatable bonds is 6. The zero-order chi connectivity index (χ0) is 21.3. The lowest BCUT2D eigenvalue weighted by molar-refractivity contribution is -0.118. The Morgan fingerprint density at radius 1 is 1.20 bits per heavy atom. The van der Waals surface area contributed by atoms with Crippen molar-refractivity contribution in [3.63, 3.8) is 0 Å². The first-order valence-electron chi connectivity index (χ1n) is 9.35. The summed E-state index contributed by atoms with van der Waals surface area (Å²) in [5.74, 6) is 1.14. The van der Waals surface area contributed by atoms with Gasteiger partial charge in [-0.05, 0) is 48.2 Å². The van der Waals surface area contributed by atoms with Crippen LogP contribution in [0.4, 0.5) is 4.79 Å². The molecule has 2 aliphatic heterocycles. The lowest BCUT2D eigenvalue weighted by Crippen LogP contribution is -2.30. The minimum atomic E-state index is -0.284. The molecule has 0 aromatic heterocycles. The third kappa shape index (κ3) is 4.71. The summed E-state index contributed by atoms with van der Waals surface area (Å²) < 4.78 is 11.5. The third-order valence-corrected chi connectivity index (χ3v) is 6.71. The van der Waals surface area contributed by atoms with E-state index in [-0.39, 0.29) is 23.3 Å². The van der Waals surface area contributed by atoms with Crippen LogP contribution in [0.5, 0.6) is 11.5 Å². The SMILES string of the molecule is CN1C(=O)OCC1Cc1ccc(Oc2ccc(CC3SC(=S)NC3=O)cc2Cl)cc1. The number of carbonyl (C=O) groups is 2. The predicted octanol–water partition coefficient (Wildman–Crippen LogP) is 4.18. The second-order valence-corrected chi connectivity index (χ2v) is 9.43. The third-order valence-electron chi connectivity index (χ3n) is 5.04. The maximum absolute atomic E-state index is 11.8. The number of carbonyl (C=O) groups excluding carboxylic acids is 2. The van der Waals surface area contributed by atoms with Crippen molar-refractivity contribution in [1.29, 1.82) is 0 Å². The van der Waals surface area contributed by atoms with Gasteiger partial charge in [0.25, 0.3) is 0 Å². The van der Waals surface area contributed by atoms with Gasteiger partial charge in [-0.1, -0.05) is 53.8 Å². The number of nitrogens with zero attached hydrogens (tertiary/aromatic N) is 1. The Morgan fingerprint density at radius 3 is 2.53 bits per heavy atom. The predicted molar refractivity (Wildman–Crippen MR) is 120 cm³/mol. The van der Waals surface area contributed by atoms with E-state index in [0.717, 1.165) is 11.1 Å². The van der Waals surface area contributed by atoms with Gasteiger partial charge in [0, 0.05) is 7.05 Å². The van der Waals surface area contributed by atoms with E-state index >= 15 is 0 Å². The van der Waals surface area contributed by atoms with Gasteiger partial charge in [-0.3, -0.25) is 4.79 Å². The monoisotopic (exact) mass is 462 g/mol. The first-order chi connectivity index (χ1) is 14.4. The molecular weight excluding hydrogens is 444 g/mol. The summed E-state index contributed by atoms with van der Waals surface area (Å²) in [6.07, 6.45) is 0.981. The smallest absolute Gasteiger partial charge is 0.409 e. The molecule has 2 aromatic carbocycles. The van der Waals surface area contributed by atoms with E-state index in [0.29, 0.717) is 40.3 Å². The number of thiocarbonyl (C=S) groups is 1. The van der Waals surface area contributed by atoms with Crippen LogP contribution in [0.3, 0.4) is 0 Å². The van der Waals surface area contributed by atoms with Crippen LogP contribution in [0.25, 0.3) is 0 Å². The molecule has 2 aromatic rings. The van der Waals surface area contributed by atoms with Crippen molar-refractivity contribution >= 4 is 51.9 Å². The van der Waals surface area contributed by atoms with Gasteiger partial charge in [0.15, 0.2) is 0 Å². The number of cyclic esters (lactones) is 1. The molecule has 2 unspecified atom stereocenters. The molecule has 156 valence electrons. The summed E-state index contributed by atoms with van der Waals surface area (Å²) in [7, 11) is 1.75. The number of thioether (sulfide) groups is 1. The number of hydrogen-bond acceptors (Lipinski definition) is 6. The normalized spacial score (nSPS) is 21.0. The molecule has 0 spiro atoms. The Bertz CT molecular complexity index is 999. The van der Waals surface area contributed by atoms with Crippen LogP contribution < -0.4 is 10.1 Å². The zero-order valence-corrected chi connectivity index (χ0v) is 18.5. The Balaban J connectivity index is 1.37. The highest BCUT2D eigenvalue weighted by Crippen LogP contribution is 2.32. The van der Waals surface area contributed by atoms with Gasteiger partial charge in [0.2, 0.25) is 5.91 Å². The second kappa shape index (κ2) is 8.83. The number of halogens is 1. The molecule has 9 heteroatoms. The molecule has 2 amide bonds. The van der Waals surface area contributed by atoms with Crippen LogP contribution >= 0.6 is 35.6 Å². The summed E-state index contributed by atoms with van der Waals surface area (Å²) in [5.41, 5.74) is 2.03. The van der Waals surface area contributed by atoms with Crippen molar-refractivity contribution < 1.29 is 19.1 Å². The van der Waals surface area contributed by atoms with Crippen molar-refractivity contribution in [3.05, 3.63) is 58.6 Å². The molecule has 0 saturated carbocycles. The molecule has 2 atom stereocenters. The van der Waals surface area contributed by atoms with E-state index in [2.05, 4.69) is 5.32 Å². The fourth-order valence-corrected chi connectivity index (χ4v) is 4.86. The molecule has 6 nitrogen and oxygen atoms in total. The summed E-state index contributed by atoms with van der Waals surface area (Å²) in [5, 5.41) is 2.90. The number of likely N-dealkylation sites (N-methyl/N-ethyl adjacent to an activating group) is 1. The van der Waals surface area contributed by atoms with Crippen molar-refractivity contribution in [2.75, 3.05) is 13.7 Å². The lowest BCUT2D eigenvalue weighted by atomic mass is 10.1. The topological polar surface area (TPSA) is 67.9 Å². The standard InChI is InChI=1S/C21H19ClN2O4S2/c1-24-14(11-27-21(24)26)8-12-2-5-15(6-3-12)28-17-7-4-13(9-16(17)22)10-18-19(25)23-20(29)30-18/h2-7,9,14,18H,8,10-11H2,1H3,(H,23,25,29). The molecule has 2 aliphatic rings. The Labute approximate surface area is 188 Å². The number of benzene rings is 2. The van der Waals surface area contributed by atoms with Crippen molar-refractivity contribution in [1.82, 2.24) is 10.2 Å². The van der Waals surface area contributed by atoms with Crippen LogP contribution in [-0.2, 0) is 22.4 Å². The molecule has 0 radical (unpaired) electrons. The first-order valence-corrected chi connectivity index (χ1v) is 11.0. The summed E-state index contributed by atoms with van der Waals surface area (Å²) in [6.45, 7) is 0.405. The Morgan fingerprint density at radius 2 is 1.93 bits per heavy atom. The maximum atomic E-state index is 11.8. The highest BCUT2D eigenvalue weighted by atomic mass is 35.5. The number of amides is 2. The van der Waals surface area contributed by atoms with E-state index in [1.807, 2.05) is 36.4 Å². The molecule has 30 heavy (non-hydrogen) atoms. The number of hydrogen-bond donors (Lipinski definition) is 1. The molecule has 0 bridgehead atoms. The molecule has 2 heterocycles. The summed E-state index contributed by atoms with van der Waals surface area (Å²) in [6, 6.07) is 13.2. The van der Waals surface area contributed by atoms with Crippen LogP contribution in [0.2, 0.25) is 5.02 Å². The van der Waals surface area contributed by atoms with Crippen LogP contribution in [-0.4, -0.2) is 46.2 Å². The fraction of sp³-hybridized carbons (Fsp3) is 0.286. The van der Waals surface area contributed by atoms with Crippen LogP contribution in [0.1, 0.15) is 11.1 Å². The largest absolute Gasteiger partial charge is 0.456 e. The van der Waals surface area contributed by atoms with Gasteiger partial charge in [0.1, 0.15) is 22.4 Å². The van der Waals surface area contributed by atoms with E-state index in [4.69, 9.17) is 33.3 Å². The first kappa shape index (κ1) is 21.0. The number of nitrogens with one attached hydrogen (secondary N) is 1. The van der Waals surface area contributed by atoms with Crippen molar-refractivity contribution in [3.8, 4) is 11.5 Å². The highest BCUT2D eigenvalue weighted by molar-refractivity contribution is 8.24. The Hall–Kier alpha value is -2.29. The highest BCUT2D eigenvalue weighted by Gasteiger charge is 2.30. The maximum Gasteiger partial charge on any atom is 0.409 e. The van der Waals surface area contributed by atoms with Gasteiger partial charge in [-0.2, -0.15) is 0 Å². The van der Waals surface area contributed by atoms with E-state index in [1.165, 1.54) is 11.8 Å². The van der Waals surface area contributed by atoms with Crippen LogP contribution in [0.15, 0.2) is 42.5 Å². The molecule has 2 saturated heterocycles. The summed E-state index contributed by atoms with van der Waals surface area (Å²) in [4.78, 5) is 24.9. The average molecular weight is 463 g/mol. The van der Waals surface area contributed by atoms with Gasteiger partial charge in [-0.25, -0.2) is 4.79 Å².